The molecule has 5 atom stereocenters. The van der Waals surface area contributed by atoms with Crippen molar-refractivity contribution in [1.29, 1.82) is 0 Å². The van der Waals surface area contributed by atoms with Crippen LogP contribution in [0.4, 0.5) is 4.79 Å². The average Bonchev–Trinajstić information content (AvgIpc) is 2.90. The van der Waals surface area contributed by atoms with E-state index >= 15 is 0 Å². The van der Waals surface area contributed by atoms with E-state index in [2.05, 4.69) is 25.2 Å². The van der Waals surface area contributed by atoms with Crippen LogP contribution in [0.3, 0.4) is 0 Å². The zero-order valence-corrected chi connectivity index (χ0v) is 21.9. The number of methoxy groups -OCH3 is 1. The quantitative estimate of drug-likeness (QED) is 0.641. The van der Waals surface area contributed by atoms with Gasteiger partial charge in [-0.2, -0.15) is 0 Å². The third kappa shape index (κ3) is 5.12. The van der Waals surface area contributed by atoms with Crippen LogP contribution >= 0.6 is 0 Å². The van der Waals surface area contributed by atoms with Gasteiger partial charge in [0.1, 0.15) is 18.2 Å². The molecule has 3 aliphatic rings. The number of alkyl carbamates (subject to hydrolysis) is 1. The number of piperidine rings is 1. The predicted molar refractivity (Wildman–Crippen MR) is 137 cm³/mol. The van der Waals surface area contributed by atoms with Crippen molar-refractivity contribution < 1.29 is 28.5 Å². The van der Waals surface area contributed by atoms with Crippen LogP contribution in [0.1, 0.15) is 50.8 Å². The van der Waals surface area contributed by atoms with Crippen molar-refractivity contribution in [3.8, 4) is 11.5 Å². The zero-order chi connectivity index (χ0) is 26.2. The minimum atomic E-state index is -0.675. The van der Waals surface area contributed by atoms with Crippen LogP contribution in [-0.4, -0.2) is 54.8 Å². The minimum absolute atomic E-state index is 0.0670. The predicted octanol–water partition coefficient (Wildman–Crippen LogP) is 4.48. The fourth-order valence-corrected chi connectivity index (χ4v) is 5.93. The monoisotopic (exact) mass is 508 g/mol. The van der Waals surface area contributed by atoms with Gasteiger partial charge in [0.25, 0.3) is 0 Å². The maximum absolute atomic E-state index is 13.2. The number of likely N-dealkylation sites (tertiary alicyclic amines) is 1. The van der Waals surface area contributed by atoms with Crippen LogP contribution in [0.2, 0.25) is 0 Å². The van der Waals surface area contributed by atoms with E-state index in [1.165, 1.54) is 0 Å². The van der Waals surface area contributed by atoms with Crippen LogP contribution in [0.25, 0.3) is 0 Å². The van der Waals surface area contributed by atoms with Gasteiger partial charge in [-0.1, -0.05) is 42.5 Å². The van der Waals surface area contributed by atoms with Gasteiger partial charge in [-0.05, 0) is 45.2 Å². The molecular weight excluding hydrogens is 472 g/mol. The summed E-state index contributed by atoms with van der Waals surface area (Å²) in [6, 6.07) is 14.7. The number of ether oxygens (including phenoxy) is 4. The molecule has 3 heterocycles. The molecule has 2 saturated heterocycles. The molecule has 37 heavy (non-hydrogen) atoms. The number of amides is 2. The second-order valence-electron chi connectivity index (χ2n) is 10.8. The van der Waals surface area contributed by atoms with Crippen molar-refractivity contribution in [3.63, 3.8) is 0 Å². The first-order chi connectivity index (χ1) is 17.8. The Morgan fingerprint density at radius 1 is 1.16 bits per heavy atom. The number of rotatable bonds is 5. The zero-order valence-electron chi connectivity index (χ0n) is 21.9. The Balaban J connectivity index is 1.21. The van der Waals surface area contributed by atoms with E-state index in [1.807, 2.05) is 47.4 Å². The van der Waals surface area contributed by atoms with Gasteiger partial charge in [-0.3, -0.25) is 4.79 Å². The largest absolute Gasteiger partial charge is 0.493 e. The van der Waals surface area contributed by atoms with Crippen LogP contribution in [-0.2, 0) is 20.9 Å². The first-order valence-corrected chi connectivity index (χ1v) is 13.0. The lowest BCUT2D eigenvalue weighted by Crippen LogP contribution is -2.57. The maximum Gasteiger partial charge on any atom is 0.408 e. The molecule has 5 rings (SSSR count). The van der Waals surface area contributed by atoms with Crippen LogP contribution in [0.15, 0.2) is 48.5 Å². The highest BCUT2D eigenvalue weighted by Crippen LogP contribution is 2.55. The first kappa shape index (κ1) is 25.4. The van der Waals surface area contributed by atoms with E-state index < -0.39 is 17.7 Å². The molecule has 0 radical (unpaired) electrons. The SMILES string of the molecule is COc1cccc2c1OC(C)(C)[C@@H]1C[C@H]3CN(C(=O)[C@H](C)NC(=O)OCc4ccccc4)CC[C@H]3O[C@@H]21. The molecule has 8 heteroatoms. The molecule has 0 aliphatic carbocycles. The topological polar surface area (TPSA) is 86.3 Å². The van der Waals surface area contributed by atoms with Crippen LogP contribution in [0, 0.1) is 11.8 Å². The third-order valence-corrected chi connectivity index (χ3v) is 7.93. The number of nitrogens with zero attached hydrogens (tertiary/aromatic N) is 1. The molecule has 1 N–H and O–H groups in total. The second-order valence-corrected chi connectivity index (χ2v) is 10.8. The summed E-state index contributed by atoms with van der Waals surface area (Å²) in [5.74, 6) is 1.73. The number of hydrogen-bond donors (Lipinski definition) is 1. The van der Waals surface area contributed by atoms with Gasteiger partial charge in [0.2, 0.25) is 5.91 Å². The number of carbonyl (C=O) groups is 2. The summed E-state index contributed by atoms with van der Waals surface area (Å²) in [4.78, 5) is 27.3. The highest BCUT2D eigenvalue weighted by Gasteiger charge is 2.52. The molecule has 198 valence electrons. The summed E-state index contributed by atoms with van der Waals surface area (Å²) in [6.45, 7) is 7.25. The molecule has 8 nitrogen and oxygen atoms in total. The molecule has 0 bridgehead atoms. The van der Waals surface area contributed by atoms with E-state index in [4.69, 9.17) is 18.9 Å². The van der Waals surface area contributed by atoms with Crippen LogP contribution in [0.5, 0.6) is 11.5 Å². The highest BCUT2D eigenvalue weighted by atomic mass is 16.6. The standard InChI is InChI=1S/C29H36N2O6/c1-18(30-28(33)35-17-19-9-6-5-7-10-19)27(32)31-14-13-23-20(16-31)15-22-25(36-23)21-11-8-12-24(34-4)26(21)37-29(22,2)3/h5-12,18,20,22-23,25H,13-17H2,1-4H3,(H,30,33)/t18-,20-,22+,23+,25-/m0/s1. The van der Waals surface area contributed by atoms with E-state index in [0.29, 0.717) is 13.1 Å². The number of carbonyl (C=O) groups excluding carboxylic acids is 2. The Labute approximate surface area is 218 Å². The summed E-state index contributed by atoms with van der Waals surface area (Å²) in [5, 5.41) is 2.68. The van der Waals surface area contributed by atoms with Gasteiger partial charge in [0, 0.05) is 30.5 Å². The Bertz CT molecular complexity index is 1140. The lowest BCUT2D eigenvalue weighted by Gasteiger charge is -2.53. The van der Waals surface area contributed by atoms with Crippen molar-refractivity contribution in [2.24, 2.45) is 11.8 Å². The fourth-order valence-electron chi connectivity index (χ4n) is 5.93. The smallest absolute Gasteiger partial charge is 0.408 e. The molecular formula is C29H36N2O6. The Morgan fingerprint density at radius 3 is 2.70 bits per heavy atom. The average molecular weight is 509 g/mol. The number of nitrogens with one attached hydrogen (secondary N) is 1. The van der Waals surface area contributed by atoms with E-state index in [0.717, 1.165) is 35.5 Å². The van der Waals surface area contributed by atoms with Gasteiger partial charge in [-0.25, -0.2) is 4.79 Å². The summed E-state index contributed by atoms with van der Waals surface area (Å²) < 4.78 is 24.0. The molecule has 2 fully saturated rings. The summed E-state index contributed by atoms with van der Waals surface area (Å²) in [6.07, 6.45) is 1.04. The molecule has 3 aliphatic heterocycles. The molecule has 2 aromatic carbocycles. The lowest BCUT2D eigenvalue weighted by molar-refractivity contribution is -0.189. The highest BCUT2D eigenvalue weighted by molar-refractivity contribution is 5.85. The Morgan fingerprint density at radius 2 is 1.95 bits per heavy atom. The molecule has 2 amide bonds. The van der Waals surface area contributed by atoms with E-state index in [-0.39, 0.29) is 36.6 Å². The minimum Gasteiger partial charge on any atom is -0.493 e. The summed E-state index contributed by atoms with van der Waals surface area (Å²) >= 11 is 0. The van der Waals surface area contributed by atoms with E-state index in [1.54, 1.807) is 14.0 Å². The molecule has 0 unspecified atom stereocenters. The first-order valence-electron chi connectivity index (χ1n) is 13.0. The second kappa shape index (κ2) is 10.2. The Hall–Kier alpha value is -3.26. The molecule has 0 spiro atoms. The van der Waals surface area contributed by atoms with Crippen LogP contribution < -0.4 is 14.8 Å². The lowest BCUT2D eigenvalue weighted by atomic mass is 9.70. The van der Waals surface area contributed by atoms with Crippen molar-refractivity contribution in [2.45, 2.75) is 64.1 Å². The summed E-state index contributed by atoms with van der Waals surface area (Å²) in [7, 11) is 1.65. The summed E-state index contributed by atoms with van der Waals surface area (Å²) in [5.41, 5.74) is 1.48. The number of benzene rings is 2. The number of para-hydroxylation sites is 1. The van der Waals surface area contributed by atoms with Gasteiger partial charge in [0.15, 0.2) is 11.5 Å². The fraction of sp³-hybridized carbons (Fsp3) is 0.517. The van der Waals surface area contributed by atoms with Gasteiger partial charge < -0.3 is 29.2 Å². The van der Waals surface area contributed by atoms with Gasteiger partial charge in [-0.15, -0.1) is 0 Å². The Kier molecular flexibility index (Phi) is 7.03. The van der Waals surface area contributed by atoms with Crippen molar-refractivity contribution in [3.05, 3.63) is 59.7 Å². The third-order valence-electron chi connectivity index (χ3n) is 7.93. The van der Waals surface area contributed by atoms with Gasteiger partial charge >= 0.3 is 6.09 Å². The van der Waals surface area contributed by atoms with Gasteiger partial charge in [0.05, 0.1) is 19.3 Å². The normalized spacial score (nSPS) is 26.4. The molecule has 0 aromatic heterocycles. The van der Waals surface area contributed by atoms with E-state index in [9.17, 15) is 9.59 Å². The van der Waals surface area contributed by atoms with Crippen molar-refractivity contribution >= 4 is 12.0 Å². The van der Waals surface area contributed by atoms with Crippen molar-refractivity contribution in [1.82, 2.24) is 10.2 Å². The van der Waals surface area contributed by atoms with Crippen molar-refractivity contribution in [2.75, 3.05) is 20.2 Å². The maximum atomic E-state index is 13.2. The number of fused-ring (bicyclic) bond motifs is 4. The number of hydrogen-bond acceptors (Lipinski definition) is 6. The molecule has 0 saturated carbocycles. The molecule has 2 aromatic rings.